The highest BCUT2D eigenvalue weighted by Gasteiger charge is 2.24. The maximum Gasteiger partial charge on any atom is 0.289 e. The summed E-state index contributed by atoms with van der Waals surface area (Å²) in [6, 6.07) is 10.4. The minimum absolute atomic E-state index is 0.0933. The average molecular weight is 495 g/mol. The van der Waals surface area contributed by atoms with Gasteiger partial charge in [0, 0.05) is 62.3 Å². The van der Waals surface area contributed by atoms with E-state index in [4.69, 9.17) is 9.15 Å². The number of hydrogen-bond donors (Lipinski definition) is 1. The molecule has 2 amide bonds. The van der Waals surface area contributed by atoms with Crippen molar-refractivity contribution in [1.29, 1.82) is 0 Å². The maximum atomic E-state index is 12.7. The van der Waals surface area contributed by atoms with Gasteiger partial charge >= 0.3 is 0 Å². The van der Waals surface area contributed by atoms with Crippen molar-refractivity contribution < 1.29 is 23.7 Å². The first-order chi connectivity index (χ1) is 17.3. The summed E-state index contributed by atoms with van der Waals surface area (Å²) in [6.07, 6.45) is 2.93. The number of nitro groups is 1. The molecule has 3 aromatic rings. The first-order valence-electron chi connectivity index (χ1n) is 11.2. The Bertz CT molecular complexity index is 1310. The number of nitrogens with one attached hydrogen (secondary N) is 1. The largest absolute Gasteiger partial charge is 0.491 e. The molecule has 0 radical (unpaired) electrons. The fraction of sp³-hybridized carbons (Fsp3) is 0.292. The minimum atomic E-state index is -0.539. The Morgan fingerprint density at radius 3 is 2.58 bits per heavy atom. The Hall–Kier alpha value is -4.45. The third-order valence-corrected chi connectivity index (χ3v) is 5.83. The smallest absolute Gasteiger partial charge is 0.289 e. The van der Waals surface area contributed by atoms with Gasteiger partial charge in [0.1, 0.15) is 6.54 Å². The van der Waals surface area contributed by atoms with Crippen molar-refractivity contribution in [2.24, 2.45) is 0 Å². The van der Waals surface area contributed by atoms with Crippen LogP contribution in [0.3, 0.4) is 0 Å². The summed E-state index contributed by atoms with van der Waals surface area (Å²) in [5.41, 5.74) is 0.444. The summed E-state index contributed by atoms with van der Waals surface area (Å²) in [5.74, 6) is -0.201. The van der Waals surface area contributed by atoms with Crippen LogP contribution in [0.15, 0.2) is 64.1 Å². The van der Waals surface area contributed by atoms with Crippen molar-refractivity contribution in [3.8, 4) is 5.75 Å². The van der Waals surface area contributed by atoms with E-state index in [-0.39, 0.29) is 29.3 Å². The number of aromatic nitrogens is 1. The fourth-order valence-electron chi connectivity index (χ4n) is 3.98. The van der Waals surface area contributed by atoms with Gasteiger partial charge in [-0.3, -0.25) is 29.4 Å². The number of amides is 2. The number of carbonyl (C=O) groups is 2. The molecule has 188 valence electrons. The topological polar surface area (TPSA) is 140 Å². The molecule has 0 saturated carbocycles. The molecular formula is C24H25N5O7. The van der Waals surface area contributed by atoms with Crippen LogP contribution in [0.2, 0.25) is 0 Å². The standard InChI is InChI=1S/C24H25N5O7/c1-35-22-15-28(16-23(31)25-17-4-2-5-18(12-17)29(33)34)19(13-20(22)30)14-26-7-9-27(10-8-26)24(32)21-6-3-11-36-21/h2-6,11-13,15H,7-10,14,16H2,1H3,(H,25,31). The number of hydrogen-bond acceptors (Lipinski definition) is 8. The van der Waals surface area contributed by atoms with E-state index in [1.165, 1.54) is 43.8 Å². The molecule has 4 rings (SSSR count). The van der Waals surface area contributed by atoms with E-state index in [1.54, 1.807) is 27.7 Å². The van der Waals surface area contributed by atoms with Crippen LogP contribution in [-0.4, -0.2) is 64.4 Å². The second kappa shape index (κ2) is 10.9. The van der Waals surface area contributed by atoms with E-state index < -0.39 is 10.8 Å². The van der Waals surface area contributed by atoms with Gasteiger partial charge in [-0.05, 0) is 18.2 Å². The van der Waals surface area contributed by atoms with Crippen LogP contribution < -0.4 is 15.5 Å². The summed E-state index contributed by atoms with van der Waals surface area (Å²) in [6.45, 7) is 2.39. The van der Waals surface area contributed by atoms with Gasteiger partial charge in [-0.25, -0.2) is 0 Å². The zero-order valence-electron chi connectivity index (χ0n) is 19.6. The summed E-state index contributed by atoms with van der Waals surface area (Å²) in [5, 5.41) is 13.6. The van der Waals surface area contributed by atoms with Crippen LogP contribution >= 0.6 is 0 Å². The number of non-ortho nitro benzene ring substituents is 1. The number of methoxy groups -OCH3 is 1. The number of rotatable bonds is 8. The number of pyridine rings is 1. The predicted octanol–water partition coefficient (Wildman–Crippen LogP) is 1.95. The van der Waals surface area contributed by atoms with Crippen LogP contribution in [0.25, 0.3) is 0 Å². The van der Waals surface area contributed by atoms with E-state index in [0.717, 1.165) is 0 Å². The lowest BCUT2D eigenvalue weighted by molar-refractivity contribution is -0.384. The minimum Gasteiger partial charge on any atom is -0.491 e. The number of ether oxygens (including phenoxy) is 1. The van der Waals surface area contributed by atoms with Gasteiger partial charge in [0.2, 0.25) is 11.3 Å². The summed E-state index contributed by atoms with van der Waals surface area (Å²) < 4.78 is 12.0. The van der Waals surface area contributed by atoms with Gasteiger partial charge in [-0.1, -0.05) is 6.07 Å². The van der Waals surface area contributed by atoms with Crippen molar-refractivity contribution in [3.63, 3.8) is 0 Å². The number of anilines is 1. The first kappa shape index (κ1) is 24.7. The number of nitrogens with zero attached hydrogens (tertiary/aromatic N) is 4. The lowest BCUT2D eigenvalue weighted by Crippen LogP contribution is -2.48. The monoisotopic (exact) mass is 495 g/mol. The Morgan fingerprint density at radius 1 is 1.14 bits per heavy atom. The molecule has 0 aliphatic carbocycles. The highest BCUT2D eigenvalue weighted by atomic mass is 16.6. The van der Waals surface area contributed by atoms with E-state index in [1.807, 2.05) is 0 Å². The predicted molar refractivity (Wildman–Crippen MR) is 129 cm³/mol. The Labute approximate surface area is 205 Å². The third-order valence-electron chi connectivity index (χ3n) is 5.83. The Balaban J connectivity index is 1.44. The van der Waals surface area contributed by atoms with Crippen molar-refractivity contribution in [2.75, 3.05) is 38.6 Å². The molecule has 2 aromatic heterocycles. The molecular weight excluding hydrogens is 470 g/mol. The summed E-state index contributed by atoms with van der Waals surface area (Å²) >= 11 is 0. The molecule has 0 spiro atoms. The van der Waals surface area contributed by atoms with Crippen molar-refractivity contribution >= 4 is 23.2 Å². The molecule has 0 atom stereocenters. The Kier molecular flexibility index (Phi) is 7.44. The van der Waals surface area contributed by atoms with Gasteiger partial charge in [0.25, 0.3) is 11.6 Å². The fourth-order valence-corrected chi connectivity index (χ4v) is 3.98. The van der Waals surface area contributed by atoms with E-state index in [2.05, 4.69) is 10.2 Å². The van der Waals surface area contributed by atoms with Gasteiger partial charge in [0.05, 0.1) is 24.5 Å². The Morgan fingerprint density at radius 2 is 1.92 bits per heavy atom. The normalized spacial score (nSPS) is 13.9. The van der Waals surface area contributed by atoms with Gasteiger partial charge in [0.15, 0.2) is 11.5 Å². The molecule has 1 saturated heterocycles. The number of piperazine rings is 1. The van der Waals surface area contributed by atoms with Crippen molar-refractivity contribution in [1.82, 2.24) is 14.4 Å². The second-order valence-electron chi connectivity index (χ2n) is 8.23. The van der Waals surface area contributed by atoms with E-state index >= 15 is 0 Å². The highest BCUT2D eigenvalue weighted by Crippen LogP contribution is 2.18. The molecule has 1 aliphatic heterocycles. The molecule has 1 fully saturated rings. The number of benzene rings is 1. The zero-order valence-corrected chi connectivity index (χ0v) is 19.6. The lowest BCUT2D eigenvalue weighted by atomic mass is 10.2. The van der Waals surface area contributed by atoms with Crippen LogP contribution in [0.1, 0.15) is 16.2 Å². The van der Waals surface area contributed by atoms with Crippen LogP contribution in [0.5, 0.6) is 5.75 Å². The maximum absolute atomic E-state index is 12.7. The first-order valence-corrected chi connectivity index (χ1v) is 11.2. The molecule has 1 aliphatic rings. The number of nitro benzene ring substituents is 1. The van der Waals surface area contributed by atoms with Gasteiger partial charge in [-0.2, -0.15) is 0 Å². The molecule has 12 heteroatoms. The van der Waals surface area contributed by atoms with Crippen LogP contribution in [0.4, 0.5) is 11.4 Å². The van der Waals surface area contributed by atoms with Gasteiger partial charge in [-0.15, -0.1) is 0 Å². The SMILES string of the molecule is COc1cn(CC(=O)Nc2cccc([N+](=O)[O-])c2)c(CN2CCN(C(=O)c3ccco3)CC2)cc1=O. The van der Waals surface area contributed by atoms with Crippen molar-refractivity contribution in [3.05, 3.63) is 86.7 Å². The second-order valence-corrected chi connectivity index (χ2v) is 8.23. The summed E-state index contributed by atoms with van der Waals surface area (Å²) in [7, 11) is 1.37. The molecule has 1 N–H and O–H groups in total. The molecule has 1 aromatic carbocycles. The summed E-state index contributed by atoms with van der Waals surface area (Å²) in [4.78, 5) is 51.9. The highest BCUT2D eigenvalue weighted by molar-refractivity contribution is 5.91. The molecule has 36 heavy (non-hydrogen) atoms. The van der Waals surface area contributed by atoms with Gasteiger partial charge < -0.3 is 23.9 Å². The molecule has 0 unspecified atom stereocenters. The molecule has 0 bridgehead atoms. The third kappa shape index (κ3) is 5.78. The number of furan rings is 1. The lowest BCUT2D eigenvalue weighted by Gasteiger charge is -2.34. The van der Waals surface area contributed by atoms with E-state index in [9.17, 15) is 24.5 Å². The van der Waals surface area contributed by atoms with Crippen LogP contribution in [-0.2, 0) is 17.9 Å². The number of carbonyl (C=O) groups excluding carboxylic acids is 2. The van der Waals surface area contributed by atoms with Crippen molar-refractivity contribution in [2.45, 2.75) is 13.1 Å². The average Bonchev–Trinajstić information content (AvgIpc) is 3.41. The molecule has 3 heterocycles. The molecule has 12 nitrogen and oxygen atoms in total. The zero-order chi connectivity index (χ0) is 25.7. The van der Waals surface area contributed by atoms with Crippen LogP contribution in [0, 0.1) is 10.1 Å². The van der Waals surface area contributed by atoms with E-state index in [0.29, 0.717) is 49.9 Å². The quantitative estimate of drug-likeness (QED) is 0.369.